The number of thiocarbonyl (C=S) groups is 1. The van der Waals surface area contributed by atoms with Gasteiger partial charge in [0.2, 0.25) is 5.91 Å². The molecule has 0 bridgehead atoms. The van der Waals surface area contributed by atoms with E-state index in [-0.39, 0.29) is 12.5 Å². The lowest BCUT2D eigenvalue weighted by molar-refractivity contribution is -0.116. The van der Waals surface area contributed by atoms with Crippen molar-refractivity contribution < 1.29 is 4.79 Å². The monoisotopic (exact) mass is 292 g/mol. The number of nitrogens with two attached hydrogens (primary N) is 2. The minimum Gasteiger partial charge on any atom is -0.389 e. The molecule has 0 aromatic carbocycles. The molecule has 1 aromatic heterocycles. The summed E-state index contributed by atoms with van der Waals surface area (Å²) in [6.45, 7) is 2.07. The molecule has 0 saturated heterocycles. The average molecular weight is 292 g/mol. The highest BCUT2D eigenvalue weighted by Crippen LogP contribution is 2.27. The molecule has 0 unspecified atom stereocenters. The number of hydrogen-bond donors (Lipinski definition) is 2. The number of aromatic nitrogens is 1. The number of carbonyl (C=O) groups excluding carboxylic acids is 1. The van der Waals surface area contributed by atoms with E-state index < -0.39 is 0 Å². The number of carbonyl (C=O) groups is 1. The second kappa shape index (κ2) is 6.17. The summed E-state index contributed by atoms with van der Waals surface area (Å²) in [5.41, 5.74) is 12.7. The minimum absolute atomic E-state index is 0.178. The van der Waals surface area contributed by atoms with E-state index in [4.69, 9.17) is 23.7 Å². The fourth-order valence-electron chi connectivity index (χ4n) is 2.72. The van der Waals surface area contributed by atoms with Gasteiger partial charge in [-0.1, -0.05) is 25.1 Å². The van der Waals surface area contributed by atoms with Crippen LogP contribution >= 0.6 is 12.2 Å². The van der Waals surface area contributed by atoms with E-state index in [0.29, 0.717) is 11.0 Å². The normalized spacial score (nSPS) is 15.2. The highest BCUT2D eigenvalue weighted by Gasteiger charge is 2.25. The molecule has 0 radical (unpaired) electrons. The van der Waals surface area contributed by atoms with Crippen LogP contribution in [0.3, 0.4) is 0 Å². The Labute approximate surface area is 124 Å². The van der Waals surface area contributed by atoms with Crippen LogP contribution in [-0.4, -0.2) is 28.5 Å². The Hall–Kier alpha value is -1.69. The van der Waals surface area contributed by atoms with Crippen LogP contribution in [0, 0.1) is 6.92 Å². The van der Waals surface area contributed by atoms with E-state index in [2.05, 4.69) is 4.98 Å². The number of amides is 1. The largest absolute Gasteiger partial charge is 0.389 e. The first-order chi connectivity index (χ1) is 9.47. The molecule has 4 N–H and O–H groups in total. The molecule has 5 nitrogen and oxygen atoms in total. The minimum atomic E-state index is -0.350. The van der Waals surface area contributed by atoms with Gasteiger partial charge in [-0.3, -0.25) is 4.79 Å². The Bertz CT molecular complexity index is 526. The van der Waals surface area contributed by atoms with Crippen molar-refractivity contribution in [2.75, 3.05) is 11.4 Å². The third kappa shape index (κ3) is 3.45. The van der Waals surface area contributed by atoms with Gasteiger partial charge >= 0.3 is 0 Å². The lowest BCUT2D eigenvalue weighted by Crippen LogP contribution is -2.41. The molecule has 1 aliphatic rings. The second-order valence-electron chi connectivity index (χ2n) is 5.25. The Morgan fingerprint density at radius 2 is 2.05 bits per heavy atom. The van der Waals surface area contributed by atoms with Gasteiger partial charge < -0.3 is 16.4 Å². The lowest BCUT2D eigenvalue weighted by Gasteiger charge is -2.29. The molecule has 1 amide bonds. The van der Waals surface area contributed by atoms with Crippen LogP contribution in [0.1, 0.15) is 36.9 Å². The van der Waals surface area contributed by atoms with Crippen LogP contribution in [0.25, 0.3) is 0 Å². The molecule has 20 heavy (non-hydrogen) atoms. The average Bonchev–Trinajstić information content (AvgIpc) is 2.88. The van der Waals surface area contributed by atoms with Crippen molar-refractivity contribution in [3.8, 4) is 0 Å². The number of rotatable bonds is 5. The molecule has 1 saturated carbocycles. The molecule has 2 rings (SSSR count). The first-order valence-electron chi connectivity index (χ1n) is 6.81. The molecule has 108 valence electrons. The second-order valence-corrected chi connectivity index (χ2v) is 5.69. The molecule has 1 heterocycles. The van der Waals surface area contributed by atoms with Crippen LogP contribution in [-0.2, 0) is 4.79 Å². The summed E-state index contributed by atoms with van der Waals surface area (Å²) in [6, 6.07) is 4.01. The van der Waals surface area contributed by atoms with E-state index >= 15 is 0 Å². The molecule has 0 spiro atoms. The van der Waals surface area contributed by atoms with Gasteiger partial charge in [0, 0.05) is 17.3 Å². The Morgan fingerprint density at radius 1 is 1.40 bits per heavy atom. The van der Waals surface area contributed by atoms with E-state index in [0.717, 1.165) is 29.9 Å². The zero-order valence-electron chi connectivity index (χ0n) is 11.6. The molecular weight excluding hydrogens is 272 g/mol. The topological polar surface area (TPSA) is 85.2 Å². The smallest absolute Gasteiger partial charge is 0.237 e. The highest BCUT2D eigenvalue weighted by molar-refractivity contribution is 7.80. The fourth-order valence-corrected chi connectivity index (χ4v) is 2.84. The Kier molecular flexibility index (Phi) is 4.54. The van der Waals surface area contributed by atoms with Crippen LogP contribution in [0.5, 0.6) is 0 Å². The summed E-state index contributed by atoms with van der Waals surface area (Å²) in [5, 5.41) is 0. The number of primary amides is 1. The summed E-state index contributed by atoms with van der Waals surface area (Å²) in [6.07, 6.45) is 4.47. The predicted molar refractivity (Wildman–Crippen MR) is 83.7 cm³/mol. The number of pyridine rings is 1. The first-order valence-corrected chi connectivity index (χ1v) is 7.21. The summed E-state index contributed by atoms with van der Waals surface area (Å²) in [7, 11) is 0. The molecular formula is C14H20N4OS. The molecule has 1 aliphatic carbocycles. The fraction of sp³-hybridized carbons (Fsp3) is 0.500. The standard InChI is InChI=1S/C14H20N4OS/c1-9-6-10(14(16)20)7-13(17-9)18(8-12(15)19)11-4-2-3-5-11/h6-7,11H,2-5,8H2,1H3,(H2,15,19)(H2,16,20). The van der Waals surface area contributed by atoms with Crippen molar-refractivity contribution in [2.24, 2.45) is 11.5 Å². The zero-order chi connectivity index (χ0) is 14.7. The highest BCUT2D eigenvalue weighted by atomic mass is 32.1. The van der Waals surface area contributed by atoms with Crippen LogP contribution < -0.4 is 16.4 Å². The quantitative estimate of drug-likeness (QED) is 0.798. The van der Waals surface area contributed by atoms with Gasteiger partial charge in [-0.15, -0.1) is 0 Å². The van der Waals surface area contributed by atoms with Crippen molar-refractivity contribution in [1.82, 2.24) is 4.98 Å². The van der Waals surface area contributed by atoms with E-state index in [1.54, 1.807) is 0 Å². The van der Waals surface area contributed by atoms with Gasteiger partial charge in [0.15, 0.2) is 0 Å². The number of aryl methyl sites for hydroxylation is 1. The van der Waals surface area contributed by atoms with Crippen molar-refractivity contribution >= 4 is 28.9 Å². The van der Waals surface area contributed by atoms with E-state index in [9.17, 15) is 4.79 Å². The predicted octanol–water partition coefficient (Wildman–Crippen LogP) is 1.26. The third-order valence-electron chi connectivity index (χ3n) is 3.61. The maximum atomic E-state index is 11.3. The molecule has 0 aliphatic heterocycles. The van der Waals surface area contributed by atoms with Crippen molar-refractivity contribution in [3.05, 3.63) is 23.4 Å². The molecule has 1 aromatic rings. The third-order valence-corrected chi connectivity index (χ3v) is 3.85. The molecule has 1 fully saturated rings. The van der Waals surface area contributed by atoms with Gasteiger partial charge in [-0.2, -0.15) is 0 Å². The molecule has 6 heteroatoms. The zero-order valence-corrected chi connectivity index (χ0v) is 12.4. The van der Waals surface area contributed by atoms with Gasteiger partial charge in [0.25, 0.3) is 0 Å². The van der Waals surface area contributed by atoms with Gasteiger partial charge in [0.1, 0.15) is 10.8 Å². The lowest BCUT2D eigenvalue weighted by atomic mass is 10.1. The Morgan fingerprint density at radius 3 is 2.60 bits per heavy atom. The van der Waals surface area contributed by atoms with Gasteiger partial charge in [-0.25, -0.2) is 4.98 Å². The van der Waals surface area contributed by atoms with E-state index in [1.165, 1.54) is 12.8 Å². The maximum absolute atomic E-state index is 11.3. The summed E-state index contributed by atoms with van der Waals surface area (Å²) in [4.78, 5) is 18.2. The van der Waals surface area contributed by atoms with Crippen molar-refractivity contribution in [2.45, 2.75) is 38.6 Å². The summed E-state index contributed by atoms with van der Waals surface area (Å²) < 4.78 is 0. The van der Waals surface area contributed by atoms with Crippen molar-refractivity contribution in [3.63, 3.8) is 0 Å². The maximum Gasteiger partial charge on any atom is 0.237 e. The first kappa shape index (κ1) is 14.7. The van der Waals surface area contributed by atoms with Crippen LogP contribution in [0.4, 0.5) is 5.82 Å². The van der Waals surface area contributed by atoms with Crippen LogP contribution in [0.15, 0.2) is 12.1 Å². The summed E-state index contributed by atoms with van der Waals surface area (Å²) >= 11 is 5.03. The Balaban J connectivity index is 2.36. The van der Waals surface area contributed by atoms with E-state index in [1.807, 2.05) is 24.0 Å². The summed E-state index contributed by atoms with van der Waals surface area (Å²) in [5.74, 6) is 0.385. The SMILES string of the molecule is Cc1cc(C(N)=S)cc(N(CC(N)=O)C2CCCC2)n1. The van der Waals surface area contributed by atoms with Gasteiger partial charge in [0.05, 0.1) is 6.54 Å². The number of hydrogen-bond acceptors (Lipinski definition) is 4. The van der Waals surface area contributed by atoms with Crippen molar-refractivity contribution in [1.29, 1.82) is 0 Å². The number of nitrogens with zero attached hydrogens (tertiary/aromatic N) is 2. The van der Waals surface area contributed by atoms with Gasteiger partial charge in [-0.05, 0) is 31.9 Å². The van der Waals surface area contributed by atoms with Crippen LogP contribution in [0.2, 0.25) is 0 Å². The molecule has 0 atom stereocenters. The number of anilines is 1.